The van der Waals surface area contributed by atoms with Gasteiger partial charge < -0.3 is 15.7 Å². The SMILES string of the molecule is Cc1ccc(S(=O)(=O)N(CC(C)C)C[C@@H](O)[C@H](Cc2ccccc2)NC(=O)[C@@H](NC(=O)CNC(C)(C)c2cc(F)cc(F)c2)C(C)(C)C)cc1. The molecule has 0 fully saturated rings. The van der Waals surface area contributed by atoms with Gasteiger partial charge in [-0.3, -0.25) is 14.9 Å². The molecule has 3 rings (SSSR count). The molecule has 9 nitrogen and oxygen atoms in total. The van der Waals surface area contributed by atoms with Crippen LogP contribution < -0.4 is 16.0 Å². The molecule has 4 N–H and O–H groups in total. The van der Waals surface area contributed by atoms with Crippen LogP contribution >= 0.6 is 0 Å². The summed E-state index contributed by atoms with van der Waals surface area (Å²) in [5.41, 5.74) is 0.270. The van der Waals surface area contributed by atoms with Crippen molar-refractivity contribution < 1.29 is 31.9 Å². The van der Waals surface area contributed by atoms with Crippen LogP contribution in [-0.2, 0) is 31.6 Å². The molecule has 0 aliphatic rings. The van der Waals surface area contributed by atoms with Crippen LogP contribution in [0.15, 0.2) is 77.7 Å². The van der Waals surface area contributed by atoms with E-state index in [-0.39, 0.29) is 36.9 Å². The van der Waals surface area contributed by atoms with Crippen molar-refractivity contribution in [1.29, 1.82) is 0 Å². The van der Waals surface area contributed by atoms with Gasteiger partial charge in [-0.15, -0.1) is 0 Å². The molecule has 0 saturated heterocycles. The molecule has 3 aromatic rings. The first-order valence-electron chi connectivity index (χ1n) is 16.8. The molecule has 0 heterocycles. The highest BCUT2D eigenvalue weighted by Crippen LogP contribution is 2.24. The molecule has 0 saturated carbocycles. The highest BCUT2D eigenvalue weighted by molar-refractivity contribution is 7.89. The molecule has 12 heteroatoms. The van der Waals surface area contributed by atoms with E-state index in [1.165, 1.54) is 28.6 Å². The van der Waals surface area contributed by atoms with E-state index in [0.29, 0.717) is 5.56 Å². The zero-order valence-corrected chi connectivity index (χ0v) is 31.1. The predicted octanol–water partition coefficient (Wildman–Crippen LogP) is 5.06. The number of halogens is 2. The molecule has 274 valence electrons. The van der Waals surface area contributed by atoms with Crippen molar-refractivity contribution in [1.82, 2.24) is 20.3 Å². The largest absolute Gasteiger partial charge is 0.390 e. The summed E-state index contributed by atoms with van der Waals surface area (Å²) in [5.74, 6) is -2.62. The van der Waals surface area contributed by atoms with Gasteiger partial charge in [-0.2, -0.15) is 4.31 Å². The van der Waals surface area contributed by atoms with E-state index in [1.807, 2.05) is 51.1 Å². The van der Waals surface area contributed by atoms with Gasteiger partial charge in [-0.1, -0.05) is 82.6 Å². The molecule has 2 amide bonds. The van der Waals surface area contributed by atoms with Crippen molar-refractivity contribution in [3.8, 4) is 0 Å². The van der Waals surface area contributed by atoms with Gasteiger partial charge in [0, 0.05) is 24.7 Å². The number of amides is 2. The van der Waals surface area contributed by atoms with Crippen molar-refractivity contribution in [2.24, 2.45) is 11.3 Å². The van der Waals surface area contributed by atoms with E-state index in [1.54, 1.807) is 46.8 Å². The van der Waals surface area contributed by atoms with Crippen LogP contribution in [0, 0.1) is 29.9 Å². The minimum absolute atomic E-state index is 0.0522. The maximum atomic E-state index is 14.0. The van der Waals surface area contributed by atoms with E-state index in [0.717, 1.165) is 17.2 Å². The van der Waals surface area contributed by atoms with Crippen molar-refractivity contribution >= 4 is 21.8 Å². The Bertz CT molecular complexity index is 1670. The number of sulfonamides is 1. The number of aliphatic hydroxyl groups is 1. The third-order valence-electron chi connectivity index (χ3n) is 8.42. The van der Waals surface area contributed by atoms with Crippen molar-refractivity contribution in [2.45, 2.75) is 90.4 Å². The number of hydrogen-bond acceptors (Lipinski definition) is 6. The first-order valence-corrected chi connectivity index (χ1v) is 18.2. The molecule has 0 unspecified atom stereocenters. The number of aliphatic hydroxyl groups excluding tert-OH is 1. The number of benzene rings is 3. The van der Waals surface area contributed by atoms with E-state index in [4.69, 9.17) is 0 Å². The number of carbonyl (C=O) groups is 2. The number of nitrogens with zero attached hydrogens (tertiary/aromatic N) is 1. The number of hydrogen-bond donors (Lipinski definition) is 4. The third-order valence-corrected chi connectivity index (χ3v) is 10.3. The molecular formula is C38H52F2N4O5S. The molecule has 3 atom stereocenters. The van der Waals surface area contributed by atoms with Crippen molar-refractivity contribution in [3.05, 3.63) is 101 Å². The van der Waals surface area contributed by atoms with Crippen LogP contribution in [-0.4, -0.2) is 67.5 Å². The van der Waals surface area contributed by atoms with Gasteiger partial charge in [0.25, 0.3) is 0 Å². The Labute approximate surface area is 295 Å². The van der Waals surface area contributed by atoms with Gasteiger partial charge in [-0.25, -0.2) is 17.2 Å². The second-order valence-corrected chi connectivity index (χ2v) is 16.8. The van der Waals surface area contributed by atoms with Crippen LogP contribution in [0.3, 0.4) is 0 Å². The molecular weight excluding hydrogens is 663 g/mol. The van der Waals surface area contributed by atoms with Gasteiger partial charge in [0.05, 0.1) is 23.6 Å². The summed E-state index contributed by atoms with van der Waals surface area (Å²) in [7, 11) is -3.99. The van der Waals surface area contributed by atoms with E-state index < -0.39 is 62.6 Å². The van der Waals surface area contributed by atoms with Crippen molar-refractivity contribution in [3.63, 3.8) is 0 Å². The fourth-order valence-corrected chi connectivity index (χ4v) is 7.12. The monoisotopic (exact) mass is 714 g/mol. The molecule has 0 aliphatic carbocycles. The summed E-state index contributed by atoms with van der Waals surface area (Å²) in [4.78, 5) is 27.3. The number of carbonyl (C=O) groups excluding carboxylic acids is 2. The molecule has 0 spiro atoms. The highest BCUT2D eigenvalue weighted by Gasteiger charge is 2.37. The van der Waals surface area contributed by atoms with Gasteiger partial charge >= 0.3 is 0 Å². The van der Waals surface area contributed by atoms with Gasteiger partial charge in [0.1, 0.15) is 17.7 Å². The summed E-state index contributed by atoms with van der Waals surface area (Å²) >= 11 is 0. The summed E-state index contributed by atoms with van der Waals surface area (Å²) < 4.78 is 56.6. The molecule has 3 aromatic carbocycles. The van der Waals surface area contributed by atoms with Crippen LogP contribution in [0.2, 0.25) is 0 Å². The molecule has 50 heavy (non-hydrogen) atoms. The second-order valence-electron chi connectivity index (χ2n) is 14.9. The topological polar surface area (TPSA) is 128 Å². The Balaban J connectivity index is 1.84. The lowest BCUT2D eigenvalue weighted by Crippen LogP contribution is -2.59. The molecule has 0 aromatic heterocycles. The summed E-state index contributed by atoms with van der Waals surface area (Å²) in [6.07, 6.45) is -1.12. The van der Waals surface area contributed by atoms with Crippen LogP contribution in [0.25, 0.3) is 0 Å². The quantitative estimate of drug-likeness (QED) is 0.164. The first-order chi connectivity index (χ1) is 23.2. The lowest BCUT2D eigenvalue weighted by molar-refractivity contribution is -0.132. The van der Waals surface area contributed by atoms with Crippen LogP contribution in [0.4, 0.5) is 8.78 Å². The van der Waals surface area contributed by atoms with Gasteiger partial charge in [0.2, 0.25) is 21.8 Å². The Hall–Kier alpha value is -3.71. The Kier molecular flexibility index (Phi) is 13.8. The average Bonchev–Trinajstić information content (AvgIpc) is 3.01. The molecule has 0 bridgehead atoms. The lowest BCUT2D eigenvalue weighted by Gasteiger charge is -2.35. The van der Waals surface area contributed by atoms with Gasteiger partial charge in [-0.05, 0) is 73.9 Å². The molecule has 0 aliphatic heterocycles. The Morgan fingerprint density at radius 1 is 0.860 bits per heavy atom. The normalized spacial score (nSPS) is 14.3. The Morgan fingerprint density at radius 3 is 1.98 bits per heavy atom. The number of rotatable bonds is 16. The summed E-state index contributed by atoms with van der Waals surface area (Å²) in [6.45, 7) is 13.9. The van der Waals surface area contributed by atoms with Crippen LogP contribution in [0.5, 0.6) is 0 Å². The predicted molar refractivity (Wildman–Crippen MR) is 192 cm³/mol. The van der Waals surface area contributed by atoms with Crippen LogP contribution in [0.1, 0.15) is 65.2 Å². The summed E-state index contributed by atoms with van der Waals surface area (Å²) in [6, 6.07) is 16.9. The first kappa shape index (κ1) is 40.7. The van der Waals surface area contributed by atoms with E-state index in [2.05, 4.69) is 16.0 Å². The summed E-state index contributed by atoms with van der Waals surface area (Å²) in [5, 5.41) is 20.4. The minimum Gasteiger partial charge on any atom is -0.390 e. The van der Waals surface area contributed by atoms with Gasteiger partial charge in [0.15, 0.2) is 0 Å². The number of nitrogens with one attached hydrogen (secondary N) is 3. The average molecular weight is 715 g/mol. The van der Waals surface area contributed by atoms with E-state index in [9.17, 15) is 31.9 Å². The second kappa shape index (κ2) is 17.0. The van der Waals surface area contributed by atoms with Crippen molar-refractivity contribution in [2.75, 3.05) is 19.6 Å². The standard InChI is InChI=1S/C38H52F2N4O5S/c1-25(2)23-44(50(48,49)31-16-14-26(3)15-17-31)24-33(45)32(18-27-12-10-9-11-13-27)42-36(47)35(37(4,5)6)43-34(46)22-41-38(7,8)28-19-29(39)21-30(40)20-28/h9-17,19-21,25,32-33,35,41,45H,18,22-24H2,1-8H3,(H,42,47)(H,43,46)/t32-,33+,35+/m0/s1. The molecule has 0 radical (unpaired) electrons. The minimum atomic E-state index is -3.99. The maximum Gasteiger partial charge on any atom is 0.243 e. The number of aryl methyl sites for hydroxylation is 1. The highest BCUT2D eigenvalue weighted by atomic mass is 32.2. The zero-order chi connectivity index (χ0) is 37.4. The maximum absolute atomic E-state index is 14.0. The smallest absolute Gasteiger partial charge is 0.243 e. The lowest BCUT2D eigenvalue weighted by atomic mass is 9.85. The zero-order valence-electron chi connectivity index (χ0n) is 30.3. The fraction of sp³-hybridized carbons (Fsp3) is 0.474. The third kappa shape index (κ3) is 11.7. The Morgan fingerprint density at radius 2 is 1.44 bits per heavy atom. The fourth-order valence-electron chi connectivity index (χ4n) is 5.50. The van der Waals surface area contributed by atoms with E-state index >= 15 is 0 Å².